The third-order valence-electron chi connectivity index (χ3n) is 5.21. The summed E-state index contributed by atoms with van der Waals surface area (Å²) in [5.74, 6) is 0.00977. The molecule has 3 rings (SSSR count). The maximum Gasteiger partial charge on any atom is 0.238 e. The summed E-state index contributed by atoms with van der Waals surface area (Å²) >= 11 is 0. The number of nitrogens with zero attached hydrogens (tertiary/aromatic N) is 3. The van der Waals surface area contributed by atoms with E-state index in [4.69, 9.17) is 0 Å². The van der Waals surface area contributed by atoms with Crippen LogP contribution in [0.15, 0.2) is 48.5 Å². The summed E-state index contributed by atoms with van der Waals surface area (Å²) < 4.78 is 0. The quantitative estimate of drug-likeness (QED) is 0.793. The zero-order valence-electron chi connectivity index (χ0n) is 17.3. The summed E-state index contributed by atoms with van der Waals surface area (Å²) in [5.41, 5.74) is 4.55. The van der Waals surface area contributed by atoms with Gasteiger partial charge in [-0.3, -0.25) is 9.69 Å². The maximum atomic E-state index is 12.4. The first-order chi connectivity index (χ1) is 13.5. The zero-order valence-corrected chi connectivity index (χ0v) is 17.3. The van der Waals surface area contributed by atoms with Gasteiger partial charge >= 0.3 is 0 Å². The Hall–Kier alpha value is -2.53. The number of likely N-dealkylation sites (N-methyl/N-ethyl adjacent to an activating group) is 1. The molecule has 5 nitrogen and oxygen atoms in total. The molecule has 1 aliphatic rings. The van der Waals surface area contributed by atoms with Crippen LogP contribution in [0.25, 0.3) is 0 Å². The highest BCUT2D eigenvalue weighted by molar-refractivity contribution is 5.92. The van der Waals surface area contributed by atoms with Crippen LogP contribution in [-0.4, -0.2) is 51.6 Å². The fourth-order valence-electron chi connectivity index (χ4n) is 3.72. The first-order valence-corrected chi connectivity index (χ1v) is 10.1. The maximum absolute atomic E-state index is 12.4. The molecule has 28 heavy (non-hydrogen) atoms. The molecule has 0 bridgehead atoms. The molecule has 0 atom stereocenters. The van der Waals surface area contributed by atoms with Gasteiger partial charge in [0, 0.05) is 50.8 Å². The molecule has 0 aliphatic carbocycles. The number of nitrogens with one attached hydrogen (secondary N) is 1. The normalized spacial score (nSPS) is 14.2. The second-order valence-corrected chi connectivity index (χ2v) is 7.84. The monoisotopic (exact) mass is 380 g/mol. The zero-order chi connectivity index (χ0) is 19.9. The second kappa shape index (κ2) is 9.60. The molecule has 0 aromatic heterocycles. The lowest BCUT2D eigenvalue weighted by Crippen LogP contribution is -2.33. The Kier molecular flexibility index (Phi) is 6.93. The average Bonchev–Trinajstić information content (AvgIpc) is 2.69. The van der Waals surface area contributed by atoms with Crippen LogP contribution in [-0.2, 0) is 11.3 Å². The summed E-state index contributed by atoms with van der Waals surface area (Å²) in [6.45, 7) is 3.39. The predicted molar refractivity (Wildman–Crippen MR) is 118 cm³/mol. The molecule has 0 unspecified atom stereocenters. The lowest BCUT2D eigenvalue weighted by Gasteiger charge is -2.31. The van der Waals surface area contributed by atoms with E-state index in [1.807, 2.05) is 50.3 Å². The number of carbonyl (C=O) groups excluding carboxylic acids is 1. The third-order valence-corrected chi connectivity index (χ3v) is 5.21. The lowest BCUT2D eigenvalue weighted by molar-refractivity contribution is -0.117. The molecule has 0 saturated carbocycles. The van der Waals surface area contributed by atoms with Gasteiger partial charge in [-0.05, 0) is 62.2 Å². The van der Waals surface area contributed by atoms with E-state index >= 15 is 0 Å². The topological polar surface area (TPSA) is 38.8 Å². The van der Waals surface area contributed by atoms with E-state index in [1.54, 1.807) is 0 Å². The van der Waals surface area contributed by atoms with E-state index < -0.39 is 0 Å². The summed E-state index contributed by atoms with van der Waals surface area (Å²) in [6, 6.07) is 16.5. The number of carbonyl (C=O) groups is 1. The Morgan fingerprint density at radius 1 is 0.964 bits per heavy atom. The minimum Gasteiger partial charge on any atom is -0.378 e. The van der Waals surface area contributed by atoms with Gasteiger partial charge in [-0.1, -0.05) is 18.2 Å². The van der Waals surface area contributed by atoms with Gasteiger partial charge in [0.25, 0.3) is 0 Å². The van der Waals surface area contributed by atoms with Crippen molar-refractivity contribution >= 4 is 23.0 Å². The molecular weight excluding hydrogens is 348 g/mol. The highest BCUT2D eigenvalue weighted by Crippen LogP contribution is 2.25. The van der Waals surface area contributed by atoms with E-state index in [2.05, 4.69) is 39.4 Å². The van der Waals surface area contributed by atoms with Gasteiger partial charge in [0.2, 0.25) is 5.91 Å². The van der Waals surface area contributed by atoms with Gasteiger partial charge in [-0.25, -0.2) is 0 Å². The average molecular weight is 381 g/mol. The van der Waals surface area contributed by atoms with Crippen molar-refractivity contribution in [3.63, 3.8) is 0 Å². The first kappa shape index (κ1) is 20.2. The Labute approximate surface area is 168 Å². The van der Waals surface area contributed by atoms with Crippen molar-refractivity contribution < 1.29 is 4.79 Å². The Morgan fingerprint density at radius 3 is 2.32 bits per heavy atom. The van der Waals surface area contributed by atoms with Crippen LogP contribution < -0.4 is 15.1 Å². The molecular formula is C23H32N4O. The summed E-state index contributed by atoms with van der Waals surface area (Å²) in [7, 11) is 6.01. The van der Waals surface area contributed by atoms with Gasteiger partial charge in [0.15, 0.2) is 0 Å². The fourth-order valence-corrected chi connectivity index (χ4v) is 3.72. The number of amides is 1. The Bertz CT molecular complexity index is 766. The number of anilines is 3. The van der Waals surface area contributed by atoms with E-state index in [0.717, 1.165) is 31.0 Å². The minimum atomic E-state index is 0.00977. The van der Waals surface area contributed by atoms with Crippen LogP contribution in [0.3, 0.4) is 0 Å². The van der Waals surface area contributed by atoms with Crippen molar-refractivity contribution in [3.05, 3.63) is 54.1 Å². The molecule has 1 heterocycles. The minimum absolute atomic E-state index is 0.00977. The van der Waals surface area contributed by atoms with Crippen LogP contribution in [0.5, 0.6) is 0 Å². The molecule has 1 fully saturated rings. The number of hydrogen-bond donors (Lipinski definition) is 1. The van der Waals surface area contributed by atoms with Gasteiger partial charge in [0.05, 0.1) is 6.54 Å². The van der Waals surface area contributed by atoms with Gasteiger partial charge in [-0.2, -0.15) is 0 Å². The number of benzene rings is 2. The Morgan fingerprint density at radius 2 is 1.64 bits per heavy atom. The SMILES string of the molecule is CN(CC(=O)Nc1ccc(N(C)C)cc1)Cc1ccccc1N1CCCCC1. The fraction of sp³-hybridized carbons (Fsp3) is 0.435. The molecule has 1 saturated heterocycles. The highest BCUT2D eigenvalue weighted by atomic mass is 16.2. The molecule has 1 N–H and O–H groups in total. The summed E-state index contributed by atoms with van der Waals surface area (Å²) in [4.78, 5) is 19.0. The highest BCUT2D eigenvalue weighted by Gasteiger charge is 2.16. The summed E-state index contributed by atoms with van der Waals surface area (Å²) in [5, 5.41) is 2.99. The smallest absolute Gasteiger partial charge is 0.238 e. The van der Waals surface area contributed by atoms with Crippen molar-refractivity contribution in [2.24, 2.45) is 0 Å². The number of para-hydroxylation sites is 1. The van der Waals surface area contributed by atoms with Crippen LogP contribution in [0.4, 0.5) is 17.1 Å². The molecule has 150 valence electrons. The number of rotatable bonds is 7. The van der Waals surface area contributed by atoms with Crippen LogP contribution in [0.1, 0.15) is 24.8 Å². The molecule has 5 heteroatoms. The summed E-state index contributed by atoms with van der Waals surface area (Å²) in [6.07, 6.45) is 3.85. The molecule has 0 radical (unpaired) electrons. The number of piperidine rings is 1. The van der Waals surface area contributed by atoms with Crippen molar-refractivity contribution in [2.75, 3.05) is 55.9 Å². The van der Waals surface area contributed by atoms with Crippen molar-refractivity contribution in [3.8, 4) is 0 Å². The standard InChI is InChI=1S/C23H32N4O/c1-25(2)21-13-11-20(12-14-21)24-23(28)18-26(3)17-19-9-5-6-10-22(19)27-15-7-4-8-16-27/h5-6,9-14H,4,7-8,15-18H2,1-3H3,(H,24,28). The molecule has 2 aromatic carbocycles. The van der Waals surface area contributed by atoms with Crippen molar-refractivity contribution in [1.29, 1.82) is 0 Å². The van der Waals surface area contributed by atoms with E-state index in [-0.39, 0.29) is 5.91 Å². The molecule has 2 aromatic rings. The molecule has 1 amide bonds. The van der Waals surface area contributed by atoms with E-state index in [0.29, 0.717) is 6.54 Å². The van der Waals surface area contributed by atoms with Crippen molar-refractivity contribution in [2.45, 2.75) is 25.8 Å². The second-order valence-electron chi connectivity index (χ2n) is 7.84. The van der Waals surface area contributed by atoms with Gasteiger partial charge < -0.3 is 15.1 Å². The molecule has 0 spiro atoms. The number of hydrogen-bond acceptors (Lipinski definition) is 4. The largest absolute Gasteiger partial charge is 0.378 e. The predicted octanol–water partition coefficient (Wildman–Crippen LogP) is 3.81. The van der Waals surface area contributed by atoms with E-state index in [1.165, 1.54) is 30.5 Å². The van der Waals surface area contributed by atoms with Crippen LogP contribution in [0.2, 0.25) is 0 Å². The first-order valence-electron chi connectivity index (χ1n) is 10.1. The van der Waals surface area contributed by atoms with E-state index in [9.17, 15) is 4.79 Å². The lowest BCUT2D eigenvalue weighted by atomic mass is 10.1. The van der Waals surface area contributed by atoms with Crippen LogP contribution >= 0.6 is 0 Å². The molecule has 1 aliphatic heterocycles. The van der Waals surface area contributed by atoms with Crippen LogP contribution in [0, 0.1) is 0 Å². The van der Waals surface area contributed by atoms with Crippen molar-refractivity contribution in [1.82, 2.24) is 4.90 Å². The van der Waals surface area contributed by atoms with Gasteiger partial charge in [0.1, 0.15) is 0 Å². The van der Waals surface area contributed by atoms with Gasteiger partial charge in [-0.15, -0.1) is 0 Å². The third kappa shape index (κ3) is 5.49. The Balaban J connectivity index is 1.56.